The summed E-state index contributed by atoms with van der Waals surface area (Å²) >= 11 is 0. The lowest BCUT2D eigenvalue weighted by molar-refractivity contribution is 0.797. The molecule has 14 heavy (non-hydrogen) atoms. The third kappa shape index (κ3) is 1.16. The Morgan fingerprint density at radius 1 is 1.29 bits per heavy atom. The first-order valence-electron chi connectivity index (χ1n) is 5.47. The van der Waals surface area contributed by atoms with E-state index in [4.69, 9.17) is 0 Å². The van der Waals surface area contributed by atoms with Crippen molar-refractivity contribution in [3.8, 4) is 0 Å². The maximum absolute atomic E-state index is 2.36. The third-order valence-electron chi connectivity index (χ3n) is 3.18. The van der Waals surface area contributed by atoms with E-state index in [2.05, 4.69) is 42.0 Å². The van der Waals surface area contributed by atoms with Crippen molar-refractivity contribution in [1.29, 1.82) is 0 Å². The van der Waals surface area contributed by atoms with Crippen LogP contribution in [0.4, 0.5) is 0 Å². The Labute approximate surface area is 84.4 Å². The first-order valence-corrected chi connectivity index (χ1v) is 5.47. The maximum atomic E-state index is 2.36. The largest absolute Gasteiger partial charge is 0.348 e. The number of benzene rings is 1. The van der Waals surface area contributed by atoms with Gasteiger partial charge in [-0.1, -0.05) is 6.07 Å². The first kappa shape index (κ1) is 8.10. The topological polar surface area (TPSA) is 4.93 Å². The molecule has 1 saturated carbocycles. The predicted molar refractivity (Wildman–Crippen MR) is 59.6 cm³/mol. The van der Waals surface area contributed by atoms with Crippen LogP contribution in [0.15, 0.2) is 30.5 Å². The van der Waals surface area contributed by atoms with Gasteiger partial charge in [0, 0.05) is 18.3 Å². The molecule has 1 aliphatic carbocycles. The number of rotatable bonds is 2. The van der Waals surface area contributed by atoms with Crippen LogP contribution in [0.25, 0.3) is 10.9 Å². The molecular weight excluding hydrogens is 170 g/mol. The summed E-state index contributed by atoms with van der Waals surface area (Å²) in [6.07, 6.45) is 4.96. The second-order valence-electron chi connectivity index (χ2n) is 4.19. The molecule has 0 bridgehead atoms. The summed E-state index contributed by atoms with van der Waals surface area (Å²) in [7, 11) is 0. The number of hydrogen-bond acceptors (Lipinski definition) is 0. The normalized spacial score (nSPS) is 16.4. The van der Waals surface area contributed by atoms with Crippen molar-refractivity contribution in [2.24, 2.45) is 0 Å². The number of aryl methyl sites for hydroxylation is 1. The molecule has 1 aromatic heterocycles. The molecule has 1 fully saturated rings. The van der Waals surface area contributed by atoms with Gasteiger partial charge in [-0.15, -0.1) is 0 Å². The van der Waals surface area contributed by atoms with Gasteiger partial charge < -0.3 is 4.57 Å². The third-order valence-corrected chi connectivity index (χ3v) is 3.18. The van der Waals surface area contributed by atoms with Crippen molar-refractivity contribution in [2.75, 3.05) is 0 Å². The van der Waals surface area contributed by atoms with Crippen LogP contribution in [-0.2, 0) is 6.54 Å². The molecule has 0 spiro atoms. The van der Waals surface area contributed by atoms with Crippen LogP contribution in [0.5, 0.6) is 0 Å². The fraction of sp³-hybridized carbons (Fsp3) is 0.385. The van der Waals surface area contributed by atoms with Gasteiger partial charge in [0.25, 0.3) is 0 Å². The van der Waals surface area contributed by atoms with E-state index >= 15 is 0 Å². The second kappa shape index (κ2) is 2.88. The maximum Gasteiger partial charge on any atom is 0.0480 e. The minimum Gasteiger partial charge on any atom is -0.348 e. The number of aromatic nitrogens is 1. The highest BCUT2D eigenvalue weighted by Crippen LogP contribution is 2.40. The van der Waals surface area contributed by atoms with E-state index in [1.807, 2.05) is 0 Å². The van der Waals surface area contributed by atoms with Crippen molar-refractivity contribution in [3.63, 3.8) is 0 Å². The van der Waals surface area contributed by atoms with Gasteiger partial charge >= 0.3 is 0 Å². The average molecular weight is 185 g/mol. The molecule has 0 saturated heterocycles. The molecule has 0 N–H and O–H groups in total. The highest BCUT2D eigenvalue weighted by molar-refractivity contribution is 5.81. The molecule has 72 valence electrons. The fourth-order valence-corrected chi connectivity index (χ4v) is 2.16. The van der Waals surface area contributed by atoms with Gasteiger partial charge in [0.2, 0.25) is 0 Å². The van der Waals surface area contributed by atoms with Gasteiger partial charge in [-0.05, 0) is 54.8 Å². The Balaban J connectivity index is 2.15. The summed E-state index contributed by atoms with van der Waals surface area (Å²) < 4.78 is 2.30. The Kier molecular flexibility index (Phi) is 1.66. The van der Waals surface area contributed by atoms with Crippen LogP contribution in [-0.4, -0.2) is 4.57 Å². The van der Waals surface area contributed by atoms with E-state index < -0.39 is 0 Å². The molecule has 0 amide bonds. The Bertz CT molecular complexity index is 463. The quantitative estimate of drug-likeness (QED) is 0.674. The summed E-state index contributed by atoms with van der Waals surface area (Å²) in [5.74, 6) is 0.865. The van der Waals surface area contributed by atoms with Gasteiger partial charge in [0.05, 0.1) is 0 Å². The van der Waals surface area contributed by atoms with Crippen LogP contribution in [0.2, 0.25) is 0 Å². The van der Waals surface area contributed by atoms with Crippen molar-refractivity contribution >= 4 is 10.9 Å². The predicted octanol–water partition coefficient (Wildman–Crippen LogP) is 3.54. The van der Waals surface area contributed by atoms with Gasteiger partial charge in [0.15, 0.2) is 0 Å². The molecule has 3 rings (SSSR count). The Hall–Kier alpha value is -1.24. The summed E-state index contributed by atoms with van der Waals surface area (Å²) in [5, 5.41) is 1.40. The van der Waals surface area contributed by atoms with Gasteiger partial charge in [-0.2, -0.15) is 0 Å². The first-order chi connectivity index (χ1) is 6.88. The lowest BCUT2D eigenvalue weighted by Crippen LogP contribution is -1.90. The molecule has 0 unspecified atom stereocenters. The van der Waals surface area contributed by atoms with E-state index in [9.17, 15) is 0 Å². The van der Waals surface area contributed by atoms with Crippen molar-refractivity contribution in [3.05, 3.63) is 36.0 Å². The van der Waals surface area contributed by atoms with Gasteiger partial charge in [-0.25, -0.2) is 0 Å². The molecule has 1 nitrogen and oxygen atoms in total. The molecule has 0 aliphatic heterocycles. The number of fused-ring (bicyclic) bond motifs is 1. The van der Waals surface area contributed by atoms with Gasteiger partial charge in [-0.3, -0.25) is 0 Å². The number of nitrogens with zero attached hydrogens (tertiary/aromatic N) is 1. The SMILES string of the molecule is CCn1ccc2cc(C3CC3)ccc21. The van der Waals surface area contributed by atoms with E-state index in [-0.39, 0.29) is 0 Å². The van der Waals surface area contributed by atoms with E-state index in [0.29, 0.717) is 0 Å². The molecule has 1 heterocycles. The summed E-state index contributed by atoms with van der Waals surface area (Å²) in [5.41, 5.74) is 2.91. The monoisotopic (exact) mass is 185 g/mol. The highest BCUT2D eigenvalue weighted by Gasteiger charge is 2.23. The zero-order valence-electron chi connectivity index (χ0n) is 8.53. The van der Waals surface area contributed by atoms with Crippen molar-refractivity contribution in [1.82, 2.24) is 4.57 Å². The van der Waals surface area contributed by atoms with E-state index in [1.165, 1.54) is 29.3 Å². The summed E-state index contributed by atoms with van der Waals surface area (Å²) in [6, 6.07) is 9.16. The Morgan fingerprint density at radius 3 is 2.86 bits per heavy atom. The molecule has 0 radical (unpaired) electrons. The lowest BCUT2D eigenvalue weighted by Gasteiger charge is -2.02. The molecule has 1 heteroatoms. The van der Waals surface area contributed by atoms with Crippen LogP contribution in [0.1, 0.15) is 31.2 Å². The molecule has 1 aromatic carbocycles. The zero-order chi connectivity index (χ0) is 9.54. The minimum absolute atomic E-state index is 0.865. The van der Waals surface area contributed by atoms with Crippen molar-refractivity contribution < 1.29 is 0 Å². The van der Waals surface area contributed by atoms with E-state index in [0.717, 1.165) is 12.5 Å². The van der Waals surface area contributed by atoms with Crippen molar-refractivity contribution in [2.45, 2.75) is 32.2 Å². The van der Waals surface area contributed by atoms with Crippen LogP contribution in [0, 0.1) is 0 Å². The van der Waals surface area contributed by atoms with Crippen LogP contribution < -0.4 is 0 Å². The van der Waals surface area contributed by atoms with Gasteiger partial charge in [0.1, 0.15) is 0 Å². The zero-order valence-corrected chi connectivity index (χ0v) is 8.53. The van der Waals surface area contributed by atoms with E-state index in [1.54, 1.807) is 0 Å². The standard InChI is InChI=1S/C13H15N/c1-2-14-8-7-12-9-11(10-3-4-10)5-6-13(12)14/h5-10H,2-4H2,1H3. The minimum atomic E-state index is 0.865. The second-order valence-corrected chi connectivity index (χ2v) is 4.19. The molecule has 1 aliphatic rings. The summed E-state index contributed by atoms with van der Waals surface area (Å²) in [4.78, 5) is 0. The molecule has 0 atom stereocenters. The summed E-state index contributed by atoms with van der Waals surface area (Å²) in [6.45, 7) is 3.25. The lowest BCUT2D eigenvalue weighted by atomic mass is 10.1. The smallest absolute Gasteiger partial charge is 0.0480 e. The number of hydrogen-bond donors (Lipinski definition) is 0. The molecular formula is C13H15N. The average Bonchev–Trinajstić information content (AvgIpc) is 2.98. The fourth-order valence-electron chi connectivity index (χ4n) is 2.16. The highest BCUT2D eigenvalue weighted by atomic mass is 14.9. The van der Waals surface area contributed by atoms with Crippen LogP contribution in [0.3, 0.4) is 0 Å². The van der Waals surface area contributed by atoms with Crippen LogP contribution >= 0.6 is 0 Å². The Morgan fingerprint density at radius 2 is 2.14 bits per heavy atom. The molecule has 2 aromatic rings.